The molecule has 4 nitrogen and oxygen atoms in total. The molecule has 1 aliphatic rings. The molecular formula is C13H14ClNO3. The molecule has 5 heteroatoms. The van der Waals surface area contributed by atoms with E-state index in [1.54, 1.807) is 11.0 Å². The molecule has 1 fully saturated rings. The molecule has 1 amide bonds. The number of carboxylic acids is 1. The molecule has 0 spiro atoms. The minimum absolute atomic E-state index is 0.00439. The van der Waals surface area contributed by atoms with E-state index >= 15 is 0 Å². The summed E-state index contributed by atoms with van der Waals surface area (Å²) in [5.74, 6) is -0.708. The number of benzene rings is 1. The van der Waals surface area contributed by atoms with Gasteiger partial charge in [0.05, 0.1) is 12.8 Å². The van der Waals surface area contributed by atoms with Gasteiger partial charge in [0, 0.05) is 24.0 Å². The lowest BCUT2D eigenvalue weighted by Crippen LogP contribution is -2.51. The average molecular weight is 268 g/mol. The van der Waals surface area contributed by atoms with Crippen molar-refractivity contribution in [1.82, 2.24) is 4.90 Å². The quantitative estimate of drug-likeness (QED) is 0.905. The largest absolute Gasteiger partial charge is 0.481 e. The number of amides is 1. The molecule has 1 aliphatic heterocycles. The monoisotopic (exact) mass is 267 g/mol. The SMILES string of the molecule is O=C(O)CC1CN(C(=O)Cc2ccccc2Cl)C1. The van der Waals surface area contributed by atoms with Gasteiger partial charge in [-0.1, -0.05) is 29.8 Å². The molecule has 1 saturated heterocycles. The van der Waals surface area contributed by atoms with Gasteiger partial charge >= 0.3 is 5.97 Å². The molecule has 2 rings (SSSR count). The van der Waals surface area contributed by atoms with E-state index in [9.17, 15) is 9.59 Å². The highest BCUT2D eigenvalue weighted by atomic mass is 35.5. The Bertz CT molecular complexity index is 469. The van der Waals surface area contributed by atoms with Gasteiger partial charge in [-0.3, -0.25) is 9.59 Å². The standard InChI is InChI=1S/C13H14ClNO3/c14-11-4-2-1-3-10(11)6-12(16)15-7-9(8-15)5-13(17)18/h1-4,9H,5-8H2,(H,17,18). The molecule has 1 heterocycles. The van der Waals surface area contributed by atoms with E-state index in [0.29, 0.717) is 18.1 Å². The van der Waals surface area contributed by atoms with Gasteiger partial charge in [0.2, 0.25) is 5.91 Å². The Hall–Kier alpha value is -1.55. The first-order chi connectivity index (χ1) is 8.56. The van der Waals surface area contributed by atoms with Gasteiger partial charge in [-0.15, -0.1) is 0 Å². The lowest BCUT2D eigenvalue weighted by molar-refractivity contribution is -0.144. The molecule has 96 valence electrons. The van der Waals surface area contributed by atoms with Gasteiger partial charge in [-0.05, 0) is 11.6 Å². The summed E-state index contributed by atoms with van der Waals surface area (Å²) >= 11 is 5.98. The Morgan fingerprint density at radius 3 is 2.61 bits per heavy atom. The summed E-state index contributed by atoms with van der Waals surface area (Å²) in [6, 6.07) is 7.25. The molecule has 18 heavy (non-hydrogen) atoms. The van der Waals surface area contributed by atoms with Crippen molar-refractivity contribution < 1.29 is 14.7 Å². The van der Waals surface area contributed by atoms with E-state index in [1.807, 2.05) is 18.2 Å². The Balaban J connectivity index is 1.84. The van der Waals surface area contributed by atoms with E-state index < -0.39 is 5.97 Å². The number of carbonyl (C=O) groups excluding carboxylic acids is 1. The molecule has 0 aliphatic carbocycles. The Labute approximate surface area is 110 Å². The highest BCUT2D eigenvalue weighted by molar-refractivity contribution is 6.31. The summed E-state index contributed by atoms with van der Waals surface area (Å²) in [5, 5.41) is 9.22. The number of rotatable bonds is 4. The number of likely N-dealkylation sites (tertiary alicyclic amines) is 1. The molecule has 1 aromatic rings. The molecule has 0 radical (unpaired) electrons. The van der Waals surface area contributed by atoms with Crippen LogP contribution < -0.4 is 0 Å². The van der Waals surface area contributed by atoms with Crippen LogP contribution >= 0.6 is 11.6 Å². The minimum atomic E-state index is -0.807. The number of halogens is 1. The fourth-order valence-corrected chi connectivity index (χ4v) is 2.27. The van der Waals surface area contributed by atoms with Crippen LogP contribution in [0.25, 0.3) is 0 Å². The molecule has 0 atom stereocenters. The second-order valence-electron chi connectivity index (χ2n) is 4.53. The van der Waals surface area contributed by atoms with Crippen LogP contribution in [0.2, 0.25) is 5.02 Å². The van der Waals surface area contributed by atoms with Crippen LogP contribution in [-0.4, -0.2) is 35.0 Å². The Morgan fingerprint density at radius 2 is 2.00 bits per heavy atom. The van der Waals surface area contributed by atoms with Crippen molar-refractivity contribution >= 4 is 23.5 Å². The Kier molecular flexibility index (Phi) is 3.87. The predicted molar refractivity (Wildman–Crippen MR) is 67.5 cm³/mol. The third kappa shape index (κ3) is 3.01. The summed E-state index contributed by atoms with van der Waals surface area (Å²) in [6.07, 6.45) is 0.412. The van der Waals surface area contributed by atoms with E-state index in [4.69, 9.17) is 16.7 Å². The van der Waals surface area contributed by atoms with E-state index in [1.165, 1.54) is 0 Å². The van der Waals surface area contributed by atoms with Crippen molar-refractivity contribution in [2.24, 2.45) is 5.92 Å². The minimum Gasteiger partial charge on any atom is -0.481 e. The van der Waals surface area contributed by atoms with Crippen LogP contribution in [0.1, 0.15) is 12.0 Å². The van der Waals surface area contributed by atoms with Crippen molar-refractivity contribution in [1.29, 1.82) is 0 Å². The van der Waals surface area contributed by atoms with Crippen LogP contribution in [0.4, 0.5) is 0 Å². The smallest absolute Gasteiger partial charge is 0.303 e. The van der Waals surface area contributed by atoms with E-state index in [0.717, 1.165) is 5.56 Å². The maximum absolute atomic E-state index is 11.9. The van der Waals surface area contributed by atoms with Gasteiger partial charge in [0.1, 0.15) is 0 Å². The predicted octanol–water partition coefficient (Wildman–Crippen LogP) is 1.82. The number of aliphatic carboxylic acids is 1. The second kappa shape index (κ2) is 5.40. The fourth-order valence-electron chi connectivity index (χ4n) is 2.07. The van der Waals surface area contributed by atoms with Crippen LogP contribution in [0.5, 0.6) is 0 Å². The van der Waals surface area contributed by atoms with Crippen LogP contribution in [0.15, 0.2) is 24.3 Å². The molecule has 0 aromatic heterocycles. The third-order valence-electron chi connectivity index (χ3n) is 3.07. The van der Waals surface area contributed by atoms with E-state index in [2.05, 4.69) is 0 Å². The third-order valence-corrected chi connectivity index (χ3v) is 3.44. The summed E-state index contributed by atoms with van der Waals surface area (Å²) in [5.41, 5.74) is 0.811. The van der Waals surface area contributed by atoms with Gasteiger partial charge in [-0.2, -0.15) is 0 Å². The van der Waals surface area contributed by atoms with Gasteiger partial charge < -0.3 is 10.0 Å². The summed E-state index contributed by atoms with van der Waals surface area (Å²) < 4.78 is 0. The van der Waals surface area contributed by atoms with Gasteiger partial charge in [-0.25, -0.2) is 0 Å². The van der Waals surface area contributed by atoms with Crippen LogP contribution in [0.3, 0.4) is 0 Å². The zero-order valence-corrected chi connectivity index (χ0v) is 10.6. The first-order valence-corrected chi connectivity index (χ1v) is 6.17. The average Bonchev–Trinajstić information content (AvgIpc) is 2.25. The maximum Gasteiger partial charge on any atom is 0.303 e. The van der Waals surface area contributed by atoms with Crippen molar-refractivity contribution in [2.75, 3.05) is 13.1 Å². The van der Waals surface area contributed by atoms with Crippen molar-refractivity contribution in [3.8, 4) is 0 Å². The topological polar surface area (TPSA) is 57.6 Å². The highest BCUT2D eigenvalue weighted by Gasteiger charge is 2.31. The summed E-state index contributed by atoms with van der Waals surface area (Å²) in [7, 11) is 0. The number of carbonyl (C=O) groups is 2. The normalized spacial score (nSPS) is 15.3. The molecule has 1 aromatic carbocycles. The maximum atomic E-state index is 11.9. The summed E-state index contributed by atoms with van der Waals surface area (Å²) in [6.45, 7) is 1.07. The molecule has 0 unspecified atom stereocenters. The first-order valence-electron chi connectivity index (χ1n) is 5.79. The molecular weight excluding hydrogens is 254 g/mol. The summed E-state index contributed by atoms with van der Waals surface area (Å²) in [4.78, 5) is 24.1. The number of hydrogen-bond donors (Lipinski definition) is 1. The van der Waals surface area contributed by atoms with Crippen molar-refractivity contribution in [3.63, 3.8) is 0 Å². The lowest BCUT2D eigenvalue weighted by atomic mass is 9.95. The first kappa shape index (κ1) is 12.9. The van der Waals surface area contributed by atoms with Crippen molar-refractivity contribution in [2.45, 2.75) is 12.8 Å². The molecule has 0 saturated carbocycles. The molecule has 0 bridgehead atoms. The zero-order valence-electron chi connectivity index (χ0n) is 9.80. The molecule has 1 N–H and O–H groups in total. The number of hydrogen-bond acceptors (Lipinski definition) is 2. The van der Waals surface area contributed by atoms with Gasteiger partial charge in [0.15, 0.2) is 0 Å². The number of carboxylic acid groups (broad SMARTS) is 1. The number of nitrogens with zero attached hydrogens (tertiary/aromatic N) is 1. The van der Waals surface area contributed by atoms with Crippen LogP contribution in [-0.2, 0) is 16.0 Å². The zero-order chi connectivity index (χ0) is 13.1. The highest BCUT2D eigenvalue weighted by Crippen LogP contribution is 2.22. The van der Waals surface area contributed by atoms with Crippen molar-refractivity contribution in [3.05, 3.63) is 34.9 Å². The van der Waals surface area contributed by atoms with E-state index in [-0.39, 0.29) is 24.7 Å². The fraction of sp³-hybridized carbons (Fsp3) is 0.385. The van der Waals surface area contributed by atoms with Gasteiger partial charge in [0.25, 0.3) is 0 Å². The lowest BCUT2D eigenvalue weighted by Gasteiger charge is -2.38. The Morgan fingerprint density at radius 1 is 1.33 bits per heavy atom. The van der Waals surface area contributed by atoms with Crippen LogP contribution in [0, 0.1) is 5.92 Å². The second-order valence-corrected chi connectivity index (χ2v) is 4.94.